The number of aromatic amines is 2. The molecule has 5 heterocycles. The number of fused-ring (bicyclic) bond motifs is 20. The van der Waals surface area contributed by atoms with E-state index in [0.29, 0.717) is 152 Å². The van der Waals surface area contributed by atoms with Crippen LogP contribution in [0.2, 0.25) is 0 Å². The molecule has 0 fully saturated rings. The smallest absolute Gasteiger partial charge is 0.338 e. The van der Waals surface area contributed by atoms with Crippen molar-refractivity contribution in [3.63, 3.8) is 0 Å². The summed E-state index contributed by atoms with van der Waals surface area (Å²) in [6, 6.07) is 72.1. The highest BCUT2D eigenvalue weighted by Crippen LogP contribution is 2.49. The number of carbonyl (C=O) groups excluding carboxylic acids is 2. The Balaban J connectivity index is 0.985. The normalized spacial score (nSPS) is 12.4. The second kappa shape index (κ2) is 30.1. The van der Waals surface area contributed by atoms with Gasteiger partial charge in [0.1, 0.15) is 70.0 Å². The molecule has 0 saturated heterocycles. The number of H-pyrrole nitrogens is 2. The zero-order valence-corrected chi connectivity index (χ0v) is 70.0. The van der Waals surface area contributed by atoms with Crippen molar-refractivity contribution < 1.29 is 42.7 Å². The zero-order chi connectivity index (χ0) is 83.1. The fraction of sp³-hybridized carbons (Fsp3) is 0.248. The van der Waals surface area contributed by atoms with Crippen molar-refractivity contribution in [2.24, 2.45) is 0 Å². The summed E-state index contributed by atoms with van der Waals surface area (Å²) in [5.74, 6) is 6.30. The third-order valence-corrected chi connectivity index (χ3v) is 21.4. The van der Waals surface area contributed by atoms with Gasteiger partial charge in [-0.2, -0.15) is 0 Å². The van der Waals surface area contributed by atoms with Gasteiger partial charge in [0, 0.05) is 49.4 Å². The van der Waals surface area contributed by atoms with Crippen LogP contribution in [0, 0.1) is 0 Å². The van der Waals surface area contributed by atoms with Crippen molar-refractivity contribution in [2.75, 3.05) is 0 Å². The van der Waals surface area contributed by atoms with Crippen molar-refractivity contribution in [3.8, 4) is 115 Å². The van der Waals surface area contributed by atoms with E-state index >= 15 is 0 Å². The van der Waals surface area contributed by atoms with E-state index in [0.717, 1.165) is 39.7 Å². The van der Waals surface area contributed by atoms with Crippen molar-refractivity contribution >= 4 is 56.4 Å². The molecule has 2 aliphatic heterocycles. The van der Waals surface area contributed by atoms with Crippen molar-refractivity contribution in [3.05, 3.63) is 275 Å². The maximum absolute atomic E-state index is 13.7. The van der Waals surface area contributed by atoms with Crippen LogP contribution in [0.3, 0.4) is 0 Å². The lowest BCUT2D eigenvalue weighted by Gasteiger charge is -2.20. The fourth-order valence-corrected chi connectivity index (χ4v) is 14.3. The van der Waals surface area contributed by atoms with Crippen LogP contribution in [0.25, 0.3) is 89.7 Å². The number of hydrogen-bond acceptors (Lipinski definition) is 15. The number of aromatic nitrogens is 8. The molecule has 0 amide bonds. The number of aldehydes is 1. The quantitative estimate of drug-likeness (QED) is 0.0681. The number of benzene rings is 11. The Labute approximate surface area is 687 Å². The molecule has 17 heteroatoms. The molecule has 0 aliphatic carbocycles. The van der Waals surface area contributed by atoms with Gasteiger partial charge in [-0.05, 0) is 199 Å². The van der Waals surface area contributed by atoms with Crippen LogP contribution in [0.15, 0.2) is 224 Å². The summed E-state index contributed by atoms with van der Waals surface area (Å²) in [5.41, 5.74) is 11.2. The highest BCUT2D eigenvalue weighted by Gasteiger charge is 2.30. The van der Waals surface area contributed by atoms with Crippen LogP contribution in [0.1, 0.15) is 184 Å². The summed E-state index contributed by atoms with van der Waals surface area (Å²) in [4.78, 5) is 65.9. The molecule has 16 rings (SSSR count). The first-order valence-electron chi connectivity index (χ1n) is 39.9. The molecule has 11 aromatic carbocycles. The number of rotatable bonds is 16. The zero-order valence-electron chi connectivity index (χ0n) is 70.0. The molecule has 17 nitrogen and oxygen atoms in total. The van der Waals surface area contributed by atoms with Gasteiger partial charge in [-0.15, -0.1) is 0 Å². The highest BCUT2D eigenvalue weighted by atomic mass is 16.5. The third-order valence-electron chi connectivity index (χ3n) is 21.4. The predicted molar refractivity (Wildman–Crippen MR) is 468 cm³/mol. The SMILES string of the molecule is CC(C)(C)c1ccc(Oc2cc3c(cc2Oc2ccc(C(C)(C)C)cc2)-c2nc-3nc3[nH]c(nc4nc(nc5[nH]c(n2)c2cc(Oc6ccc(C(C)(C)C)cc6)c(Oc6ccc(C(C)(C)C)cc6)cc52)-c2cc(COC(=O)c5ccc(C=O)cc5)ccc2-4)c2cc(Oc4ccc(C(C)(C)C)cc4)c(Oc4ccc(C(C)(C)C)cc4)cc32)cc1. The van der Waals surface area contributed by atoms with E-state index in [1.54, 1.807) is 24.3 Å². The summed E-state index contributed by atoms with van der Waals surface area (Å²) >= 11 is 0. The standard InChI is InChI=1S/C101H96N8O9/c1-96(2,3)61-24-36-67(37-25-61)113-81-50-75-76(51-82(81)114-68-38-26-62(27-39-68)97(4,5)6)91-105-89(75)103-87-73-48-21-59(57-112-95(111)60-22-19-58(56-110)20-23-60)49-74(73)88(102-87)104-90-77-52-83(115-69-40-28-63(29-41-69)98(7,8)9)84(116-70-42-30-64(31-43-70)99(10,11)12)53-78(77)92(106-90)108-94-80-55-86(118-72-46-34-66(35-47-72)101(16,17)18)85(54-79(80)93(107-91)109-94)117-71-44-32-65(33-45-71)100(13,14)15/h19-56H,57H2,1-18H3,(H2,102,103,104,105,106,107,108,109). The third kappa shape index (κ3) is 16.6. The highest BCUT2D eigenvalue weighted by molar-refractivity contribution is 6.08. The minimum Gasteiger partial charge on any atom is -0.457 e. The molecular weight excluding hydrogens is 1470 g/mol. The van der Waals surface area contributed by atoms with E-state index in [-0.39, 0.29) is 62.1 Å². The lowest BCUT2D eigenvalue weighted by atomic mass is 9.87. The topological polar surface area (TPSA) is 208 Å². The van der Waals surface area contributed by atoms with Gasteiger partial charge < -0.3 is 43.1 Å². The molecule has 2 aliphatic rings. The van der Waals surface area contributed by atoms with E-state index in [2.05, 4.69) is 207 Å². The van der Waals surface area contributed by atoms with E-state index < -0.39 is 5.97 Å². The van der Waals surface area contributed by atoms with Gasteiger partial charge >= 0.3 is 5.97 Å². The fourth-order valence-electron chi connectivity index (χ4n) is 14.3. The summed E-state index contributed by atoms with van der Waals surface area (Å²) in [6.45, 7) is 39.1. The monoisotopic (exact) mass is 1560 g/mol. The minimum absolute atomic E-state index is 0.119. The molecule has 118 heavy (non-hydrogen) atoms. The van der Waals surface area contributed by atoms with Crippen LogP contribution in [0.4, 0.5) is 0 Å². The molecule has 0 unspecified atom stereocenters. The molecule has 14 aromatic rings. The van der Waals surface area contributed by atoms with Crippen LogP contribution in [-0.2, 0) is 43.8 Å². The van der Waals surface area contributed by atoms with Gasteiger partial charge in [0.15, 0.2) is 57.8 Å². The number of carbonyl (C=O) groups is 2. The average Bonchev–Trinajstić information content (AvgIpc) is 1.59. The molecule has 0 radical (unpaired) electrons. The van der Waals surface area contributed by atoms with Crippen LogP contribution in [-0.4, -0.2) is 52.1 Å². The number of esters is 1. The summed E-state index contributed by atoms with van der Waals surface area (Å²) in [5, 5.41) is 2.36. The Morgan fingerprint density at radius 2 is 0.534 bits per heavy atom. The molecule has 8 bridgehead atoms. The Morgan fingerprint density at radius 1 is 0.288 bits per heavy atom. The first kappa shape index (κ1) is 78.6. The summed E-state index contributed by atoms with van der Waals surface area (Å²) in [7, 11) is 0. The molecular formula is C101H96N8O9. The molecule has 594 valence electrons. The number of hydrogen-bond donors (Lipinski definition) is 2. The molecule has 0 spiro atoms. The molecule has 0 atom stereocenters. The molecule has 2 N–H and O–H groups in total. The minimum atomic E-state index is -0.569. The lowest BCUT2D eigenvalue weighted by molar-refractivity contribution is 0.0472. The van der Waals surface area contributed by atoms with Gasteiger partial charge in [0.05, 0.1) is 5.56 Å². The van der Waals surface area contributed by atoms with Crippen LogP contribution >= 0.6 is 0 Å². The predicted octanol–water partition coefficient (Wildman–Crippen LogP) is 26.6. The number of nitrogens with one attached hydrogen (secondary N) is 2. The first-order chi connectivity index (χ1) is 56.0. The van der Waals surface area contributed by atoms with Crippen molar-refractivity contribution in [1.82, 2.24) is 39.9 Å². The lowest BCUT2D eigenvalue weighted by Crippen LogP contribution is -2.10. The molecule has 0 saturated carbocycles. The van der Waals surface area contributed by atoms with E-state index in [9.17, 15) is 9.59 Å². The van der Waals surface area contributed by atoms with Crippen molar-refractivity contribution in [1.29, 1.82) is 0 Å². The maximum Gasteiger partial charge on any atom is 0.338 e. The van der Waals surface area contributed by atoms with Gasteiger partial charge in [0.2, 0.25) is 0 Å². The van der Waals surface area contributed by atoms with Gasteiger partial charge in [-0.1, -0.05) is 222 Å². The molecule has 3 aromatic heterocycles. The van der Waals surface area contributed by atoms with Crippen molar-refractivity contribution in [2.45, 2.75) is 164 Å². The Bertz CT molecular complexity index is 6410. The summed E-state index contributed by atoms with van der Waals surface area (Å²) < 4.78 is 48.1. The first-order valence-corrected chi connectivity index (χ1v) is 39.9. The van der Waals surface area contributed by atoms with Gasteiger partial charge in [-0.3, -0.25) is 4.79 Å². The van der Waals surface area contributed by atoms with Crippen LogP contribution < -0.4 is 28.4 Å². The van der Waals surface area contributed by atoms with Gasteiger partial charge in [-0.25, -0.2) is 34.7 Å². The van der Waals surface area contributed by atoms with Crippen LogP contribution in [0.5, 0.6) is 69.0 Å². The number of ether oxygens (including phenoxy) is 7. The maximum atomic E-state index is 13.7. The average molecular weight is 1570 g/mol. The Morgan fingerprint density at radius 3 is 0.788 bits per heavy atom. The Kier molecular flexibility index (Phi) is 20.0. The van der Waals surface area contributed by atoms with E-state index in [1.807, 2.05) is 127 Å². The van der Waals surface area contributed by atoms with E-state index in [1.165, 1.54) is 0 Å². The Hall–Kier alpha value is -13.3. The second-order valence-corrected chi connectivity index (χ2v) is 36.6. The van der Waals surface area contributed by atoms with E-state index in [4.69, 9.17) is 63.1 Å². The second-order valence-electron chi connectivity index (χ2n) is 36.6. The number of nitrogens with zero attached hydrogens (tertiary/aromatic N) is 6. The van der Waals surface area contributed by atoms with Gasteiger partial charge in [0.25, 0.3) is 0 Å². The largest absolute Gasteiger partial charge is 0.457 e. The summed E-state index contributed by atoms with van der Waals surface area (Å²) in [6.07, 6.45) is 0.727.